The second kappa shape index (κ2) is 12.8. The lowest BCUT2D eigenvalue weighted by Crippen LogP contribution is -2.36. The molecule has 192 valence electrons. The molecule has 1 fully saturated rings. The predicted molar refractivity (Wildman–Crippen MR) is 130 cm³/mol. The van der Waals surface area contributed by atoms with Crippen molar-refractivity contribution in [2.75, 3.05) is 40.5 Å². The Hall–Kier alpha value is -2.48. The van der Waals surface area contributed by atoms with E-state index >= 15 is 0 Å². The van der Waals surface area contributed by atoms with Crippen LogP contribution in [0.25, 0.3) is 0 Å². The number of amides is 1. The highest BCUT2D eigenvalue weighted by Crippen LogP contribution is 2.35. The molecule has 1 aromatic rings. The number of aldehydes is 1. The maximum absolute atomic E-state index is 12.5. The third-order valence-corrected chi connectivity index (χ3v) is 5.77. The molecular formula is C26H41NO7. The van der Waals surface area contributed by atoms with Crippen LogP contribution in [0.2, 0.25) is 0 Å². The number of likely N-dealkylation sites (tertiary alicyclic amines) is 1. The molecule has 2 rings (SSSR count). The molecule has 1 aliphatic rings. The number of methoxy groups -OCH3 is 2. The van der Waals surface area contributed by atoms with Gasteiger partial charge in [-0.2, -0.15) is 0 Å². The van der Waals surface area contributed by atoms with Crippen LogP contribution in [0.1, 0.15) is 47.5 Å². The van der Waals surface area contributed by atoms with Crippen molar-refractivity contribution < 1.29 is 33.3 Å². The lowest BCUT2D eigenvalue weighted by molar-refractivity contribution is -0.111. The second-order valence-corrected chi connectivity index (χ2v) is 10.1. The summed E-state index contributed by atoms with van der Waals surface area (Å²) in [6.07, 6.45) is 1.85. The molecule has 1 heterocycles. The third-order valence-electron chi connectivity index (χ3n) is 5.77. The highest BCUT2D eigenvalue weighted by Gasteiger charge is 2.39. The van der Waals surface area contributed by atoms with Gasteiger partial charge < -0.3 is 33.4 Å². The van der Waals surface area contributed by atoms with Gasteiger partial charge in [-0.25, -0.2) is 4.79 Å². The van der Waals surface area contributed by atoms with Crippen molar-refractivity contribution in [1.82, 2.24) is 4.90 Å². The minimum absolute atomic E-state index is 0.000399. The minimum atomic E-state index is -0.576. The molecule has 8 heteroatoms. The molecule has 34 heavy (non-hydrogen) atoms. The topological polar surface area (TPSA) is 83.5 Å². The van der Waals surface area contributed by atoms with E-state index in [2.05, 4.69) is 13.8 Å². The fourth-order valence-corrected chi connectivity index (χ4v) is 3.93. The Labute approximate surface area is 203 Å². The van der Waals surface area contributed by atoms with Gasteiger partial charge in [0, 0.05) is 45.2 Å². The summed E-state index contributed by atoms with van der Waals surface area (Å²) >= 11 is 0. The van der Waals surface area contributed by atoms with Gasteiger partial charge >= 0.3 is 6.09 Å². The largest absolute Gasteiger partial charge is 0.493 e. The molecule has 2 unspecified atom stereocenters. The van der Waals surface area contributed by atoms with Crippen LogP contribution >= 0.6 is 0 Å². The average Bonchev–Trinajstić information content (AvgIpc) is 3.18. The zero-order valence-corrected chi connectivity index (χ0v) is 21.7. The van der Waals surface area contributed by atoms with Gasteiger partial charge in [-0.05, 0) is 51.2 Å². The fraction of sp³-hybridized carbons (Fsp3) is 0.692. The van der Waals surface area contributed by atoms with Gasteiger partial charge in [0.2, 0.25) is 0 Å². The van der Waals surface area contributed by atoms with E-state index in [0.717, 1.165) is 12.7 Å². The molecule has 0 bridgehead atoms. The highest BCUT2D eigenvalue weighted by atomic mass is 16.6. The van der Waals surface area contributed by atoms with Crippen molar-refractivity contribution in [2.45, 2.75) is 59.2 Å². The predicted octanol–water partition coefficient (Wildman–Crippen LogP) is 4.59. The molecule has 1 saturated heterocycles. The summed E-state index contributed by atoms with van der Waals surface area (Å²) in [5.41, 5.74) is -0.576. The number of nitrogens with zero attached hydrogens (tertiary/aromatic N) is 1. The number of benzene rings is 1. The molecular weight excluding hydrogens is 438 g/mol. The van der Waals surface area contributed by atoms with Crippen molar-refractivity contribution in [1.29, 1.82) is 0 Å². The van der Waals surface area contributed by atoms with Crippen molar-refractivity contribution in [3.05, 3.63) is 18.2 Å². The molecule has 0 spiro atoms. The number of hydrogen-bond donors (Lipinski definition) is 0. The van der Waals surface area contributed by atoms with Gasteiger partial charge in [0.15, 0.2) is 11.5 Å². The van der Waals surface area contributed by atoms with Crippen molar-refractivity contribution >= 4 is 12.4 Å². The molecule has 0 aromatic heterocycles. The standard InChI is InChI=1S/C26H41NO7/c1-18(2)23(13-19-15-27(16-20(19)17-28)25(29)34-26(3,4)5)33-21-9-10-22(31-7)24(14-21)32-12-8-11-30-6/h9-10,14,17-20,23H,8,11-13,15-16H2,1-7H3/t19?,20?,23-/m0/s1. The monoisotopic (exact) mass is 479 g/mol. The molecule has 1 aromatic carbocycles. The number of rotatable bonds is 12. The molecule has 0 aliphatic carbocycles. The summed E-state index contributed by atoms with van der Waals surface area (Å²) in [6, 6.07) is 5.52. The van der Waals surface area contributed by atoms with Gasteiger partial charge in [-0.15, -0.1) is 0 Å². The van der Waals surface area contributed by atoms with E-state index in [1.54, 1.807) is 19.1 Å². The van der Waals surface area contributed by atoms with Crippen LogP contribution in [-0.2, 0) is 14.3 Å². The Bertz CT molecular complexity index is 790. The number of carbonyl (C=O) groups is 2. The number of carbonyl (C=O) groups excluding carboxylic acids is 2. The van der Waals surface area contributed by atoms with Gasteiger partial charge in [0.25, 0.3) is 0 Å². The van der Waals surface area contributed by atoms with Crippen molar-refractivity contribution in [3.8, 4) is 17.2 Å². The Balaban J connectivity index is 2.08. The van der Waals surface area contributed by atoms with Crippen molar-refractivity contribution in [3.63, 3.8) is 0 Å². The van der Waals surface area contributed by atoms with E-state index < -0.39 is 5.60 Å². The van der Waals surface area contributed by atoms with E-state index in [-0.39, 0.29) is 30.0 Å². The van der Waals surface area contributed by atoms with Crippen LogP contribution in [-0.4, -0.2) is 69.5 Å². The van der Waals surface area contributed by atoms with E-state index in [1.165, 1.54) is 0 Å². The third kappa shape index (κ3) is 8.38. The summed E-state index contributed by atoms with van der Waals surface area (Å²) in [5.74, 6) is 1.88. The first kappa shape index (κ1) is 27.8. The molecule has 0 radical (unpaired) electrons. The lowest BCUT2D eigenvalue weighted by atomic mass is 9.88. The van der Waals surface area contributed by atoms with Crippen LogP contribution in [0.15, 0.2) is 18.2 Å². The zero-order valence-electron chi connectivity index (χ0n) is 21.7. The quantitative estimate of drug-likeness (QED) is 0.320. The van der Waals surface area contributed by atoms with Crippen LogP contribution in [0.5, 0.6) is 17.2 Å². The van der Waals surface area contributed by atoms with E-state index in [4.69, 9.17) is 23.7 Å². The molecule has 8 nitrogen and oxygen atoms in total. The summed E-state index contributed by atoms with van der Waals surface area (Å²) < 4.78 is 28.2. The van der Waals surface area contributed by atoms with E-state index in [9.17, 15) is 9.59 Å². The summed E-state index contributed by atoms with van der Waals surface area (Å²) in [4.78, 5) is 25.9. The summed E-state index contributed by atoms with van der Waals surface area (Å²) in [7, 11) is 3.26. The van der Waals surface area contributed by atoms with Gasteiger partial charge in [-0.1, -0.05) is 13.8 Å². The van der Waals surface area contributed by atoms with Gasteiger partial charge in [0.1, 0.15) is 23.7 Å². The van der Waals surface area contributed by atoms with Crippen molar-refractivity contribution in [2.24, 2.45) is 17.8 Å². The fourth-order valence-electron chi connectivity index (χ4n) is 3.93. The molecule has 0 saturated carbocycles. The van der Waals surface area contributed by atoms with E-state index in [1.807, 2.05) is 39.0 Å². The second-order valence-electron chi connectivity index (χ2n) is 10.1. The lowest BCUT2D eigenvalue weighted by Gasteiger charge is -2.27. The summed E-state index contributed by atoms with van der Waals surface area (Å²) in [6.45, 7) is 11.7. The maximum Gasteiger partial charge on any atom is 0.410 e. The zero-order chi connectivity index (χ0) is 25.3. The van der Waals surface area contributed by atoms with E-state index in [0.29, 0.717) is 50.0 Å². The first-order chi connectivity index (χ1) is 16.1. The smallest absolute Gasteiger partial charge is 0.410 e. The van der Waals surface area contributed by atoms with Crippen LogP contribution < -0.4 is 14.2 Å². The molecule has 1 aliphatic heterocycles. The first-order valence-corrected chi connectivity index (χ1v) is 12.0. The number of ether oxygens (including phenoxy) is 5. The normalized spacial score (nSPS) is 19.1. The summed E-state index contributed by atoms with van der Waals surface area (Å²) in [5, 5.41) is 0. The van der Waals surface area contributed by atoms with Gasteiger partial charge in [0.05, 0.1) is 13.7 Å². The molecule has 0 N–H and O–H groups in total. The number of hydrogen-bond acceptors (Lipinski definition) is 7. The Morgan fingerprint density at radius 2 is 1.88 bits per heavy atom. The Morgan fingerprint density at radius 1 is 1.15 bits per heavy atom. The average molecular weight is 480 g/mol. The maximum atomic E-state index is 12.5. The van der Waals surface area contributed by atoms with Crippen LogP contribution in [0.4, 0.5) is 4.79 Å². The first-order valence-electron chi connectivity index (χ1n) is 12.0. The minimum Gasteiger partial charge on any atom is -0.493 e. The Morgan fingerprint density at radius 3 is 2.47 bits per heavy atom. The molecule has 3 atom stereocenters. The highest BCUT2D eigenvalue weighted by molar-refractivity contribution is 5.70. The van der Waals surface area contributed by atoms with Crippen LogP contribution in [0.3, 0.4) is 0 Å². The molecule has 1 amide bonds. The Kier molecular flexibility index (Phi) is 10.5. The van der Waals surface area contributed by atoms with Gasteiger partial charge in [-0.3, -0.25) is 0 Å². The van der Waals surface area contributed by atoms with Crippen LogP contribution in [0, 0.1) is 17.8 Å². The SMILES string of the molecule is COCCCOc1cc(O[C@@H](CC2CN(C(=O)OC(C)(C)C)CC2C=O)C(C)C)ccc1OC.